The van der Waals surface area contributed by atoms with Gasteiger partial charge < -0.3 is 10.3 Å². The third kappa shape index (κ3) is 2.28. The summed E-state index contributed by atoms with van der Waals surface area (Å²) in [6, 6.07) is 10.5. The fourth-order valence-corrected chi connectivity index (χ4v) is 4.55. The highest BCUT2D eigenvalue weighted by Gasteiger charge is 2.35. The molecule has 0 atom stereocenters. The highest BCUT2D eigenvalue weighted by atomic mass is 16.2. The lowest BCUT2D eigenvalue weighted by Crippen LogP contribution is -2.32. The molecule has 1 aromatic carbocycles. The Morgan fingerprint density at radius 2 is 1.88 bits per heavy atom. The summed E-state index contributed by atoms with van der Waals surface area (Å²) in [5.41, 5.74) is 5.94. The normalized spacial score (nSPS) is 19.1. The molecule has 26 heavy (non-hydrogen) atoms. The molecule has 0 saturated heterocycles. The van der Waals surface area contributed by atoms with E-state index in [0.29, 0.717) is 5.92 Å². The van der Waals surface area contributed by atoms with E-state index in [1.54, 1.807) is 0 Å². The van der Waals surface area contributed by atoms with Crippen LogP contribution in [0.5, 0.6) is 0 Å². The number of hydrogen-bond donors (Lipinski definition) is 2. The number of amides is 1. The average Bonchev–Trinajstić information content (AvgIpc) is 3.33. The van der Waals surface area contributed by atoms with Gasteiger partial charge in [0.05, 0.1) is 5.54 Å². The van der Waals surface area contributed by atoms with Gasteiger partial charge >= 0.3 is 0 Å². The minimum Gasteiger partial charge on any atom is -0.346 e. The second-order valence-electron chi connectivity index (χ2n) is 8.16. The van der Waals surface area contributed by atoms with Crippen LogP contribution in [0.2, 0.25) is 0 Å². The van der Waals surface area contributed by atoms with E-state index in [-0.39, 0.29) is 11.4 Å². The SMILES string of the molecule is CC1(C)NC(=O)c2ccc(-c3c[nH]c4nc(C5CCCC5)ccc34)cc21. The Balaban J connectivity index is 1.59. The molecule has 3 aromatic rings. The third-order valence-corrected chi connectivity index (χ3v) is 6.01. The first-order valence-corrected chi connectivity index (χ1v) is 9.48. The summed E-state index contributed by atoms with van der Waals surface area (Å²) in [7, 11) is 0. The van der Waals surface area contributed by atoms with Gasteiger partial charge in [-0.05, 0) is 62.1 Å². The molecule has 2 N–H and O–H groups in total. The molecule has 132 valence electrons. The molecule has 0 unspecified atom stereocenters. The lowest BCUT2D eigenvalue weighted by molar-refractivity contribution is 0.0940. The van der Waals surface area contributed by atoms with Crippen LogP contribution in [0.25, 0.3) is 22.2 Å². The number of carbonyl (C=O) groups is 1. The number of H-pyrrole nitrogens is 1. The standard InChI is InChI=1S/C22H23N3O/c1-22(2)18-11-14(7-8-16(18)21(26)25-22)17-12-23-20-15(17)9-10-19(24-20)13-5-3-4-6-13/h7-13H,3-6H2,1-2H3,(H,23,24)(H,25,26). The molecule has 4 nitrogen and oxygen atoms in total. The Morgan fingerprint density at radius 3 is 2.69 bits per heavy atom. The largest absolute Gasteiger partial charge is 0.346 e. The number of fused-ring (bicyclic) bond motifs is 2. The van der Waals surface area contributed by atoms with Crippen LogP contribution in [0.15, 0.2) is 36.5 Å². The number of rotatable bonds is 2. The van der Waals surface area contributed by atoms with Crippen molar-refractivity contribution in [1.82, 2.24) is 15.3 Å². The maximum atomic E-state index is 12.1. The molecule has 2 aliphatic rings. The van der Waals surface area contributed by atoms with Crippen molar-refractivity contribution in [3.05, 3.63) is 53.3 Å². The van der Waals surface area contributed by atoms with Crippen LogP contribution in [0.3, 0.4) is 0 Å². The zero-order valence-electron chi connectivity index (χ0n) is 15.2. The maximum absolute atomic E-state index is 12.1. The first-order chi connectivity index (χ1) is 12.5. The number of nitrogens with zero attached hydrogens (tertiary/aromatic N) is 1. The highest BCUT2D eigenvalue weighted by Crippen LogP contribution is 2.37. The van der Waals surface area contributed by atoms with Gasteiger partial charge in [-0.25, -0.2) is 4.98 Å². The Morgan fingerprint density at radius 1 is 1.08 bits per heavy atom. The van der Waals surface area contributed by atoms with E-state index in [4.69, 9.17) is 4.98 Å². The van der Waals surface area contributed by atoms with E-state index < -0.39 is 0 Å². The van der Waals surface area contributed by atoms with Crippen molar-refractivity contribution in [2.75, 3.05) is 0 Å². The molecule has 0 bridgehead atoms. The number of hydrogen-bond acceptors (Lipinski definition) is 2. The molecule has 1 aliphatic heterocycles. The van der Waals surface area contributed by atoms with Crippen LogP contribution in [0.4, 0.5) is 0 Å². The summed E-state index contributed by atoms with van der Waals surface area (Å²) < 4.78 is 0. The Labute approximate surface area is 153 Å². The van der Waals surface area contributed by atoms with Gasteiger partial charge in [0, 0.05) is 34.3 Å². The number of benzene rings is 1. The van der Waals surface area contributed by atoms with Crippen LogP contribution in [-0.4, -0.2) is 15.9 Å². The summed E-state index contributed by atoms with van der Waals surface area (Å²) in [4.78, 5) is 20.4. The minimum atomic E-state index is -0.331. The lowest BCUT2D eigenvalue weighted by Gasteiger charge is -2.19. The zero-order valence-corrected chi connectivity index (χ0v) is 15.2. The highest BCUT2D eigenvalue weighted by molar-refractivity contribution is 6.01. The van der Waals surface area contributed by atoms with Crippen molar-refractivity contribution >= 4 is 16.9 Å². The average molecular weight is 345 g/mol. The second-order valence-corrected chi connectivity index (χ2v) is 8.16. The first kappa shape index (κ1) is 15.6. The van der Waals surface area contributed by atoms with E-state index in [2.05, 4.69) is 28.5 Å². The van der Waals surface area contributed by atoms with Crippen LogP contribution in [-0.2, 0) is 5.54 Å². The number of carbonyl (C=O) groups excluding carboxylic acids is 1. The van der Waals surface area contributed by atoms with Gasteiger partial charge in [-0.3, -0.25) is 4.79 Å². The molecule has 0 spiro atoms. The van der Waals surface area contributed by atoms with E-state index in [9.17, 15) is 4.79 Å². The number of aromatic nitrogens is 2. The van der Waals surface area contributed by atoms with Crippen molar-refractivity contribution in [1.29, 1.82) is 0 Å². The predicted octanol–water partition coefficient (Wildman–Crippen LogP) is 4.87. The molecular formula is C22H23N3O. The van der Waals surface area contributed by atoms with E-state index in [1.165, 1.54) is 31.4 Å². The fraction of sp³-hybridized carbons (Fsp3) is 0.364. The topological polar surface area (TPSA) is 57.8 Å². The Hall–Kier alpha value is -2.62. The molecule has 3 heterocycles. The van der Waals surface area contributed by atoms with Crippen molar-refractivity contribution in [3.8, 4) is 11.1 Å². The molecule has 1 fully saturated rings. The maximum Gasteiger partial charge on any atom is 0.252 e. The lowest BCUT2D eigenvalue weighted by atomic mass is 9.91. The van der Waals surface area contributed by atoms with Crippen LogP contribution in [0.1, 0.15) is 67.1 Å². The van der Waals surface area contributed by atoms with Gasteiger partial charge in [0.15, 0.2) is 0 Å². The summed E-state index contributed by atoms with van der Waals surface area (Å²) in [5.74, 6) is 0.627. The summed E-state index contributed by atoms with van der Waals surface area (Å²) in [6.07, 6.45) is 7.19. The van der Waals surface area contributed by atoms with Gasteiger partial charge in [0.25, 0.3) is 5.91 Å². The molecule has 4 heteroatoms. The molecule has 1 aliphatic carbocycles. The van der Waals surface area contributed by atoms with E-state index >= 15 is 0 Å². The van der Waals surface area contributed by atoms with Gasteiger partial charge in [0.2, 0.25) is 0 Å². The van der Waals surface area contributed by atoms with Gasteiger partial charge in [-0.2, -0.15) is 0 Å². The monoisotopic (exact) mass is 345 g/mol. The number of aromatic amines is 1. The van der Waals surface area contributed by atoms with Crippen molar-refractivity contribution in [2.45, 2.75) is 51.0 Å². The molecule has 0 radical (unpaired) electrons. The number of pyridine rings is 1. The van der Waals surface area contributed by atoms with Crippen LogP contribution < -0.4 is 5.32 Å². The summed E-state index contributed by atoms with van der Waals surface area (Å²) in [5, 5.41) is 4.19. The third-order valence-electron chi connectivity index (χ3n) is 6.01. The smallest absolute Gasteiger partial charge is 0.252 e. The molecule has 5 rings (SSSR count). The Kier molecular flexibility index (Phi) is 3.27. The van der Waals surface area contributed by atoms with E-state index in [0.717, 1.165) is 33.3 Å². The van der Waals surface area contributed by atoms with Crippen LogP contribution in [0, 0.1) is 0 Å². The minimum absolute atomic E-state index is 0.0124. The van der Waals surface area contributed by atoms with Gasteiger partial charge in [0.1, 0.15) is 5.65 Å². The molecular weight excluding hydrogens is 322 g/mol. The second kappa shape index (κ2) is 5.44. The van der Waals surface area contributed by atoms with Crippen LogP contribution >= 0.6 is 0 Å². The van der Waals surface area contributed by atoms with Crippen molar-refractivity contribution < 1.29 is 4.79 Å². The van der Waals surface area contributed by atoms with Crippen molar-refractivity contribution in [2.24, 2.45) is 0 Å². The molecule has 1 amide bonds. The molecule has 1 saturated carbocycles. The van der Waals surface area contributed by atoms with E-state index in [1.807, 2.05) is 32.2 Å². The quantitative estimate of drug-likeness (QED) is 0.696. The summed E-state index contributed by atoms with van der Waals surface area (Å²) in [6.45, 7) is 4.09. The zero-order chi connectivity index (χ0) is 17.9. The number of nitrogens with one attached hydrogen (secondary N) is 2. The predicted molar refractivity (Wildman–Crippen MR) is 103 cm³/mol. The van der Waals surface area contributed by atoms with Crippen molar-refractivity contribution in [3.63, 3.8) is 0 Å². The summed E-state index contributed by atoms with van der Waals surface area (Å²) >= 11 is 0. The molecule has 2 aromatic heterocycles. The first-order valence-electron chi connectivity index (χ1n) is 9.48. The fourth-order valence-electron chi connectivity index (χ4n) is 4.55. The Bertz CT molecular complexity index is 1030. The van der Waals surface area contributed by atoms with Gasteiger partial charge in [-0.1, -0.05) is 18.9 Å². The van der Waals surface area contributed by atoms with Gasteiger partial charge in [-0.15, -0.1) is 0 Å².